The zero-order valence-corrected chi connectivity index (χ0v) is 7.60. The molecule has 1 heterocycles. The summed E-state index contributed by atoms with van der Waals surface area (Å²) in [4.78, 5) is 14.3. The fourth-order valence-corrected chi connectivity index (χ4v) is 1.34. The average molecular weight is 191 g/mol. The van der Waals surface area contributed by atoms with Gasteiger partial charge in [0.05, 0.1) is 22.3 Å². The van der Waals surface area contributed by atoms with Crippen LogP contribution >= 0.6 is 0 Å². The summed E-state index contributed by atoms with van der Waals surface area (Å²) in [5.41, 5.74) is 1.54. The van der Waals surface area contributed by atoms with Crippen molar-refractivity contribution in [2.45, 2.75) is 13.0 Å². The number of non-ortho nitro benzene ring substituents is 1. The van der Waals surface area contributed by atoms with E-state index in [2.05, 4.69) is 10.3 Å². The second-order valence-electron chi connectivity index (χ2n) is 3.17. The highest BCUT2D eigenvalue weighted by molar-refractivity contribution is 5.83. The third-order valence-electron chi connectivity index (χ3n) is 2.01. The van der Waals surface area contributed by atoms with Gasteiger partial charge < -0.3 is 5.32 Å². The number of nitrogens with zero attached hydrogens (tertiary/aromatic N) is 2. The van der Waals surface area contributed by atoms with Gasteiger partial charge in [0.15, 0.2) is 0 Å². The molecule has 5 heteroatoms. The lowest BCUT2D eigenvalue weighted by Crippen LogP contribution is -2.19. The van der Waals surface area contributed by atoms with Crippen LogP contribution in [-0.4, -0.2) is 17.2 Å². The maximum Gasteiger partial charge on any atom is 0.271 e. The number of aliphatic imine (C=N–C) groups is 1. The van der Waals surface area contributed by atoms with Crippen molar-refractivity contribution < 1.29 is 4.92 Å². The first-order chi connectivity index (χ1) is 6.66. The van der Waals surface area contributed by atoms with Crippen LogP contribution in [0.3, 0.4) is 0 Å². The zero-order valence-electron chi connectivity index (χ0n) is 7.60. The molecule has 1 aliphatic heterocycles. The van der Waals surface area contributed by atoms with Gasteiger partial charge in [-0.25, -0.2) is 0 Å². The molecule has 0 fully saturated rings. The SMILES string of the molecule is CC1C=Nc2ccc([N+](=O)[O-])cc2N1. The number of hydrogen-bond acceptors (Lipinski definition) is 4. The van der Waals surface area contributed by atoms with Crippen LogP contribution in [0.25, 0.3) is 0 Å². The average Bonchev–Trinajstić information content (AvgIpc) is 2.16. The van der Waals surface area contributed by atoms with Crippen molar-refractivity contribution in [3.63, 3.8) is 0 Å². The second-order valence-corrected chi connectivity index (χ2v) is 3.17. The van der Waals surface area contributed by atoms with Gasteiger partial charge in [0.1, 0.15) is 0 Å². The summed E-state index contributed by atoms with van der Waals surface area (Å²) >= 11 is 0. The van der Waals surface area contributed by atoms with Crippen LogP contribution in [0.1, 0.15) is 6.92 Å². The van der Waals surface area contributed by atoms with Crippen molar-refractivity contribution in [3.05, 3.63) is 28.3 Å². The molecule has 5 nitrogen and oxygen atoms in total. The second kappa shape index (κ2) is 3.10. The topological polar surface area (TPSA) is 67.5 Å². The molecule has 1 unspecified atom stereocenters. The molecule has 0 aromatic heterocycles. The number of rotatable bonds is 1. The Morgan fingerprint density at radius 2 is 2.36 bits per heavy atom. The van der Waals surface area contributed by atoms with Gasteiger partial charge in [-0.3, -0.25) is 15.1 Å². The van der Waals surface area contributed by atoms with Crippen molar-refractivity contribution in [2.75, 3.05) is 5.32 Å². The van der Waals surface area contributed by atoms with Crippen LogP contribution < -0.4 is 5.32 Å². The molecule has 0 radical (unpaired) electrons. The molecular formula is C9H9N3O2. The molecule has 14 heavy (non-hydrogen) atoms. The third kappa shape index (κ3) is 1.44. The molecule has 0 saturated heterocycles. The van der Waals surface area contributed by atoms with Gasteiger partial charge in [0.2, 0.25) is 0 Å². The summed E-state index contributed by atoms with van der Waals surface area (Å²) in [5, 5.41) is 13.6. The Hall–Kier alpha value is -1.91. The molecule has 1 atom stereocenters. The Bertz CT molecular complexity index is 415. The lowest BCUT2D eigenvalue weighted by molar-refractivity contribution is -0.384. The molecule has 1 aromatic rings. The lowest BCUT2D eigenvalue weighted by Gasteiger charge is -2.17. The van der Waals surface area contributed by atoms with Crippen molar-refractivity contribution >= 4 is 23.3 Å². The van der Waals surface area contributed by atoms with E-state index < -0.39 is 4.92 Å². The molecule has 1 aliphatic rings. The minimum atomic E-state index is -0.412. The molecule has 0 saturated carbocycles. The molecule has 1 aromatic carbocycles. The number of fused-ring (bicyclic) bond motifs is 1. The summed E-state index contributed by atoms with van der Waals surface area (Å²) in [6, 6.07) is 4.71. The fourth-order valence-electron chi connectivity index (χ4n) is 1.34. The van der Waals surface area contributed by atoms with Gasteiger partial charge in [-0.15, -0.1) is 0 Å². The van der Waals surface area contributed by atoms with Gasteiger partial charge in [-0.2, -0.15) is 0 Å². The first-order valence-electron chi connectivity index (χ1n) is 4.26. The fraction of sp³-hybridized carbons (Fsp3) is 0.222. The van der Waals surface area contributed by atoms with Crippen LogP contribution in [0.15, 0.2) is 23.2 Å². The molecule has 2 rings (SSSR count). The van der Waals surface area contributed by atoms with E-state index in [0.29, 0.717) is 5.69 Å². The third-order valence-corrected chi connectivity index (χ3v) is 2.01. The van der Waals surface area contributed by atoms with E-state index in [4.69, 9.17) is 0 Å². The van der Waals surface area contributed by atoms with E-state index in [-0.39, 0.29) is 11.7 Å². The summed E-state index contributed by atoms with van der Waals surface area (Å²) in [6.07, 6.45) is 1.77. The van der Waals surface area contributed by atoms with Crippen LogP contribution in [0.4, 0.5) is 17.1 Å². The summed E-state index contributed by atoms with van der Waals surface area (Å²) in [7, 11) is 0. The Morgan fingerprint density at radius 1 is 1.57 bits per heavy atom. The molecule has 0 bridgehead atoms. The summed E-state index contributed by atoms with van der Waals surface area (Å²) in [5.74, 6) is 0. The van der Waals surface area contributed by atoms with Gasteiger partial charge in [0, 0.05) is 18.3 Å². The number of anilines is 1. The van der Waals surface area contributed by atoms with Crippen molar-refractivity contribution in [2.24, 2.45) is 4.99 Å². The van der Waals surface area contributed by atoms with Gasteiger partial charge in [-0.1, -0.05) is 0 Å². The van der Waals surface area contributed by atoms with E-state index in [1.165, 1.54) is 12.1 Å². The minimum Gasteiger partial charge on any atom is -0.376 e. The lowest BCUT2D eigenvalue weighted by atomic mass is 10.2. The molecule has 0 spiro atoms. The number of nitro benzene ring substituents is 1. The molecule has 0 amide bonds. The number of nitro groups is 1. The van der Waals surface area contributed by atoms with E-state index >= 15 is 0 Å². The quantitative estimate of drug-likeness (QED) is 0.546. The molecule has 72 valence electrons. The van der Waals surface area contributed by atoms with Gasteiger partial charge in [0.25, 0.3) is 5.69 Å². The summed E-state index contributed by atoms with van der Waals surface area (Å²) in [6.45, 7) is 1.94. The first-order valence-corrected chi connectivity index (χ1v) is 4.26. The predicted molar refractivity (Wildman–Crippen MR) is 54.3 cm³/mol. The Labute approximate surface area is 80.6 Å². The number of nitrogens with one attached hydrogen (secondary N) is 1. The Kier molecular flexibility index (Phi) is 1.92. The largest absolute Gasteiger partial charge is 0.376 e. The van der Waals surface area contributed by atoms with E-state index in [1.54, 1.807) is 12.3 Å². The maximum absolute atomic E-state index is 10.5. The molecule has 0 aliphatic carbocycles. The van der Waals surface area contributed by atoms with E-state index in [9.17, 15) is 10.1 Å². The minimum absolute atomic E-state index is 0.0838. The first kappa shape index (κ1) is 8.68. The summed E-state index contributed by atoms with van der Waals surface area (Å²) < 4.78 is 0. The van der Waals surface area contributed by atoms with Crippen LogP contribution in [0.2, 0.25) is 0 Å². The van der Waals surface area contributed by atoms with E-state index in [0.717, 1.165) is 5.69 Å². The number of hydrogen-bond donors (Lipinski definition) is 1. The highest BCUT2D eigenvalue weighted by Gasteiger charge is 2.14. The number of benzene rings is 1. The standard InChI is InChI=1S/C9H9N3O2/c1-6-5-10-8-3-2-7(12(13)14)4-9(8)11-6/h2-6,11H,1H3. The molecule has 1 N–H and O–H groups in total. The highest BCUT2D eigenvalue weighted by Crippen LogP contribution is 2.31. The Morgan fingerprint density at radius 3 is 3.07 bits per heavy atom. The Balaban J connectivity index is 2.44. The molecular weight excluding hydrogens is 182 g/mol. The highest BCUT2D eigenvalue weighted by atomic mass is 16.6. The van der Waals surface area contributed by atoms with Crippen LogP contribution in [-0.2, 0) is 0 Å². The van der Waals surface area contributed by atoms with Crippen molar-refractivity contribution in [1.82, 2.24) is 0 Å². The van der Waals surface area contributed by atoms with Gasteiger partial charge >= 0.3 is 0 Å². The van der Waals surface area contributed by atoms with Crippen molar-refractivity contribution in [3.8, 4) is 0 Å². The van der Waals surface area contributed by atoms with Crippen molar-refractivity contribution in [1.29, 1.82) is 0 Å². The monoisotopic (exact) mass is 191 g/mol. The van der Waals surface area contributed by atoms with Gasteiger partial charge in [-0.05, 0) is 13.0 Å². The normalized spacial score (nSPS) is 18.5. The zero-order chi connectivity index (χ0) is 10.1. The van der Waals surface area contributed by atoms with E-state index in [1.807, 2.05) is 6.92 Å². The maximum atomic E-state index is 10.5. The van der Waals surface area contributed by atoms with Crippen LogP contribution in [0.5, 0.6) is 0 Å². The van der Waals surface area contributed by atoms with Crippen LogP contribution in [0, 0.1) is 10.1 Å². The smallest absolute Gasteiger partial charge is 0.271 e. The predicted octanol–water partition coefficient (Wildman–Crippen LogP) is 2.11.